The minimum absolute atomic E-state index is 0.187. The van der Waals surface area contributed by atoms with Gasteiger partial charge in [-0.2, -0.15) is 8.78 Å². The van der Waals surface area contributed by atoms with Crippen molar-refractivity contribution in [2.24, 2.45) is 0 Å². The molecule has 0 radical (unpaired) electrons. The zero-order valence-electron chi connectivity index (χ0n) is 10.4. The molecular formula is C14H14F2N2O. The van der Waals surface area contributed by atoms with Crippen molar-refractivity contribution in [3.05, 3.63) is 53.9 Å². The lowest BCUT2D eigenvalue weighted by molar-refractivity contribution is -0.0504. The Morgan fingerprint density at radius 1 is 1.26 bits per heavy atom. The van der Waals surface area contributed by atoms with Gasteiger partial charge in [-0.05, 0) is 24.6 Å². The minimum atomic E-state index is -2.82. The highest BCUT2D eigenvalue weighted by Gasteiger charge is 2.09. The van der Waals surface area contributed by atoms with Crippen LogP contribution < -0.4 is 10.1 Å². The van der Waals surface area contributed by atoms with E-state index < -0.39 is 6.61 Å². The van der Waals surface area contributed by atoms with Crippen LogP contribution in [0, 0.1) is 6.92 Å². The van der Waals surface area contributed by atoms with Crippen molar-refractivity contribution in [2.45, 2.75) is 20.1 Å². The van der Waals surface area contributed by atoms with Gasteiger partial charge in [0.05, 0.1) is 11.9 Å². The van der Waals surface area contributed by atoms with Gasteiger partial charge in [-0.25, -0.2) is 0 Å². The number of aryl methyl sites for hydroxylation is 1. The number of benzene rings is 1. The van der Waals surface area contributed by atoms with Crippen molar-refractivity contribution in [2.75, 3.05) is 5.32 Å². The molecule has 5 heteroatoms. The smallest absolute Gasteiger partial charge is 0.387 e. The standard InChI is InChI=1S/C14H14F2N2O/c1-10-6-7-17-9-12(10)18-8-11-4-2-3-5-13(11)19-14(15)16/h2-7,9,14,18H,8H2,1H3. The summed E-state index contributed by atoms with van der Waals surface area (Å²) in [6.45, 7) is -0.470. The van der Waals surface area contributed by atoms with Gasteiger partial charge in [-0.3, -0.25) is 4.98 Å². The average Bonchev–Trinajstić information content (AvgIpc) is 2.39. The predicted octanol–water partition coefficient (Wildman–Crippen LogP) is 3.60. The number of hydrogen-bond acceptors (Lipinski definition) is 3. The van der Waals surface area contributed by atoms with Crippen LogP contribution in [-0.4, -0.2) is 11.6 Å². The molecule has 19 heavy (non-hydrogen) atoms. The number of anilines is 1. The maximum absolute atomic E-state index is 12.3. The number of halogens is 2. The molecule has 0 saturated carbocycles. The number of nitrogens with one attached hydrogen (secondary N) is 1. The first kappa shape index (κ1) is 13.3. The van der Waals surface area contributed by atoms with Crippen LogP contribution >= 0.6 is 0 Å². The molecule has 0 aliphatic carbocycles. The normalized spacial score (nSPS) is 10.5. The highest BCUT2D eigenvalue weighted by molar-refractivity contribution is 5.49. The molecule has 0 fully saturated rings. The second-order valence-corrected chi connectivity index (χ2v) is 4.03. The Bertz CT molecular complexity index is 546. The Morgan fingerprint density at radius 3 is 2.79 bits per heavy atom. The summed E-state index contributed by atoms with van der Waals surface area (Å²) in [5.74, 6) is 0.187. The molecule has 1 aromatic heterocycles. The molecule has 0 bridgehead atoms. The van der Waals surface area contributed by atoms with Gasteiger partial charge in [0.25, 0.3) is 0 Å². The van der Waals surface area contributed by atoms with E-state index in [0.717, 1.165) is 11.3 Å². The van der Waals surface area contributed by atoms with Crippen LogP contribution in [0.4, 0.5) is 14.5 Å². The first-order valence-corrected chi connectivity index (χ1v) is 5.84. The third-order valence-corrected chi connectivity index (χ3v) is 2.70. The lowest BCUT2D eigenvalue weighted by Crippen LogP contribution is -2.07. The fraction of sp³-hybridized carbons (Fsp3) is 0.214. The predicted molar refractivity (Wildman–Crippen MR) is 69.4 cm³/mol. The summed E-state index contributed by atoms with van der Waals surface area (Å²) in [6, 6.07) is 8.60. The molecule has 1 N–H and O–H groups in total. The lowest BCUT2D eigenvalue weighted by atomic mass is 10.2. The summed E-state index contributed by atoms with van der Waals surface area (Å²) in [4.78, 5) is 4.01. The third kappa shape index (κ3) is 3.64. The van der Waals surface area contributed by atoms with Crippen molar-refractivity contribution in [3.63, 3.8) is 0 Å². The molecule has 0 spiro atoms. The molecule has 2 aromatic rings. The van der Waals surface area contributed by atoms with Crippen molar-refractivity contribution >= 4 is 5.69 Å². The van der Waals surface area contributed by atoms with Gasteiger partial charge < -0.3 is 10.1 Å². The van der Waals surface area contributed by atoms with E-state index in [2.05, 4.69) is 15.0 Å². The van der Waals surface area contributed by atoms with Crippen LogP contribution in [0.5, 0.6) is 5.75 Å². The molecule has 0 unspecified atom stereocenters. The summed E-state index contributed by atoms with van der Waals surface area (Å²) >= 11 is 0. The Labute approximate surface area is 110 Å². The van der Waals surface area contributed by atoms with Crippen LogP contribution in [0.1, 0.15) is 11.1 Å². The molecule has 0 atom stereocenters. The summed E-state index contributed by atoms with van der Waals surface area (Å²) < 4.78 is 29.0. The fourth-order valence-electron chi connectivity index (χ4n) is 1.70. The average molecular weight is 264 g/mol. The maximum Gasteiger partial charge on any atom is 0.387 e. The SMILES string of the molecule is Cc1ccncc1NCc1ccccc1OC(F)F. The molecular weight excluding hydrogens is 250 g/mol. The number of nitrogens with zero attached hydrogens (tertiary/aromatic N) is 1. The van der Waals surface area contributed by atoms with Crippen LogP contribution in [-0.2, 0) is 6.54 Å². The topological polar surface area (TPSA) is 34.2 Å². The Kier molecular flexibility index (Phi) is 4.28. The third-order valence-electron chi connectivity index (χ3n) is 2.70. The fourth-order valence-corrected chi connectivity index (χ4v) is 1.70. The van der Waals surface area contributed by atoms with Gasteiger partial charge in [-0.1, -0.05) is 18.2 Å². The Balaban J connectivity index is 2.09. The van der Waals surface area contributed by atoms with Crippen molar-refractivity contribution in [1.82, 2.24) is 4.98 Å². The first-order valence-electron chi connectivity index (χ1n) is 5.84. The highest BCUT2D eigenvalue weighted by atomic mass is 19.3. The summed E-state index contributed by atoms with van der Waals surface area (Å²) in [7, 11) is 0. The monoisotopic (exact) mass is 264 g/mol. The highest BCUT2D eigenvalue weighted by Crippen LogP contribution is 2.22. The van der Waals surface area contributed by atoms with Crippen LogP contribution in [0.15, 0.2) is 42.7 Å². The molecule has 2 rings (SSSR count). The van der Waals surface area contributed by atoms with Crippen LogP contribution in [0.25, 0.3) is 0 Å². The number of hydrogen-bond donors (Lipinski definition) is 1. The van der Waals surface area contributed by atoms with E-state index in [9.17, 15) is 8.78 Å². The molecule has 0 amide bonds. The molecule has 0 saturated heterocycles. The summed E-state index contributed by atoms with van der Waals surface area (Å²) in [5.41, 5.74) is 2.59. The van der Waals surface area contributed by atoms with Gasteiger partial charge in [-0.15, -0.1) is 0 Å². The maximum atomic E-state index is 12.3. The molecule has 1 aromatic carbocycles. The van der Waals surface area contributed by atoms with E-state index in [1.807, 2.05) is 13.0 Å². The van der Waals surface area contributed by atoms with E-state index in [0.29, 0.717) is 12.1 Å². The molecule has 1 heterocycles. The lowest BCUT2D eigenvalue weighted by Gasteiger charge is -2.12. The number of aromatic nitrogens is 1. The molecule has 100 valence electrons. The number of ether oxygens (including phenoxy) is 1. The van der Waals surface area contributed by atoms with E-state index in [1.165, 1.54) is 6.07 Å². The minimum Gasteiger partial charge on any atom is -0.434 e. The molecule has 0 aliphatic heterocycles. The Hall–Kier alpha value is -2.17. The number of para-hydroxylation sites is 1. The zero-order chi connectivity index (χ0) is 13.7. The van der Waals surface area contributed by atoms with Crippen molar-refractivity contribution < 1.29 is 13.5 Å². The van der Waals surface area contributed by atoms with Crippen LogP contribution in [0.3, 0.4) is 0 Å². The van der Waals surface area contributed by atoms with Gasteiger partial charge in [0.2, 0.25) is 0 Å². The first-order chi connectivity index (χ1) is 9.16. The zero-order valence-corrected chi connectivity index (χ0v) is 10.4. The van der Waals surface area contributed by atoms with Gasteiger partial charge in [0.15, 0.2) is 0 Å². The quantitative estimate of drug-likeness (QED) is 0.895. The Morgan fingerprint density at radius 2 is 2.05 bits per heavy atom. The number of pyridine rings is 1. The summed E-state index contributed by atoms with van der Waals surface area (Å²) in [6.07, 6.45) is 3.40. The number of rotatable bonds is 5. The largest absolute Gasteiger partial charge is 0.434 e. The van der Waals surface area contributed by atoms with Gasteiger partial charge >= 0.3 is 6.61 Å². The van der Waals surface area contributed by atoms with E-state index in [4.69, 9.17) is 0 Å². The van der Waals surface area contributed by atoms with Gasteiger partial charge in [0, 0.05) is 18.3 Å². The summed E-state index contributed by atoms with van der Waals surface area (Å²) in [5, 5.41) is 3.16. The number of alkyl halides is 2. The second-order valence-electron chi connectivity index (χ2n) is 4.03. The van der Waals surface area contributed by atoms with E-state index in [1.54, 1.807) is 30.6 Å². The van der Waals surface area contributed by atoms with E-state index >= 15 is 0 Å². The van der Waals surface area contributed by atoms with Crippen molar-refractivity contribution in [1.29, 1.82) is 0 Å². The second kappa shape index (κ2) is 6.13. The van der Waals surface area contributed by atoms with Crippen molar-refractivity contribution in [3.8, 4) is 5.75 Å². The molecule has 3 nitrogen and oxygen atoms in total. The van der Waals surface area contributed by atoms with E-state index in [-0.39, 0.29) is 5.75 Å². The molecule has 0 aliphatic rings. The van der Waals surface area contributed by atoms with Crippen LogP contribution in [0.2, 0.25) is 0 Å². The van der Waals surface area contributed by atoms with Gasteiger partial charge in [0.1, 0.15) is 5.75 Å².